The van der Waals surface area contributed by atoms with E-state index in [1.807, 2.05) is 0 Å². The van der Waals surface area contributed by atoms with Gasteiger partial charge in [-0.25, -0.2) is 0 Å². The standard InChI is InChI=1S/C12H15N5O4/c1-7-11(18)14-5-6-16(7)12(19)8-3-2-4-9(15-13)10(8)17(20)21/h2-4,7,15H,5-6,13H2,1H3,(H,14,18). The first-order valence-corrected chi connectivity index (χ1v) is 6.30. The predicted molar refractivity (Wildman–Crippen MR) is 74.4 cm³/mol. The molecule has 21 heavy (non-hydrogen) atoms. The van der Waals surface area contributed by atoms with Crippen LogP contribution in [0.4, 0.5) is 11.4 Å². The molecule has 2 rings (SSSR count). The molecule has 0 saturated carbocycles. The number of piperazine rings is 1. The number of benzene rings is 1. The highest BCUT2D eigenvalue weighted by Gasteiger charge is 2.34. The molecule has 1 unspecified atom stereocenters. The number of carbonyl (C=O) groups excluding carboxylic acids is 2. The van der Waals surface area contributed by atoms with Gasteiger partial charge < -0.3 is 15.6 Å². The van der Waals surface area contributed by atoms with Gasteiger partial charge in [-0.15, -0.1) is 0 Å². The highest BCUT2D eigenvalue weighted by atomic mass is 16.6. The Kier molecular flexibility index (Phi) is 4.03. The number of nitrogens with zero attached hydrogens (tertiary/aromatic N) is 2. The number of hydrogen-bond donors (Lipinski definition) is 3. The average Bonchev–Trinajstić information content (AvgIpc) is 2.48. The van der Waals surface area contributed by atoms with Gasteiger partial charge in [0.15, 0.2) is 0 Å². The zero-order chi connectivity index (χ0) is 15.6. The van der Waals surface area contributed by atoms with E-state index in [1.165, 1.54) is 23.1 Å². The van der Waals surface area contributed by atoms with Crippen LogP contribution in [0.15, 0.2) is 18.2 Å². The molecule has 0 spiro atoms. The first-order valence-electron chi connectivity index (χ1n) is 6.30. The van der Waals surface area contributed by atoms with Gasteiger partial charge in [-0.2, -0.15) is 0 Å². The largest absolute Gasteiger partial charge is 0.353 e. The maximum atomic E-state index is 12.5. The number of nitro benzene ring substituents is 1. The zero-order valence-electron chi connectivity index (χ0n) is 11.3. The summed E-state index contributed by atoms with van der Waals surface area (Å²) in [5.74, 6) is 4.39. The Bertz CT molecular complexity index is 603. The van der Waals surface area contributed by atoms with Gasteiger partial charge in [0, 0.05) is 13.1 Å². The fourth-order valence-corrected chi connectivity index (χ4v) is 2.24. The maximum absolute atomic E-state index is 12.5. The van der Waals surface area contributed by atoms with Crippen LogP contribution in [-0.2, 0) is 4.79 Å². The molecule has 112 valence electrons. The highest BCUT2D eigenvalue weighted by molar-refractivity contribution is 6.02. The molecule has 1 atom stereocenters. The fourth-order valence-electron chi connectivity index (χ4n) is 2.24. The number of anilines is 1. The van der Waals surface area contributed by atoms with Crippen LogP contribution in [0.25, 0.3) is 0 Å². The average molecular weight is 293 g/mol. The number of carbonyl (C=O) groups is 2. The van der Waals surface area contributed by atoms with Crippen LogP contribution in [0.5, 0.6) is 0 Å². The lowest BCUT2D eigenvalue weighted by molar-refractivity contribution is -0.384. The van der Waals surface area contributed by atoms with E-state index in [0.717, 1.165) is 0 Å². The van der Waals surface area contributed by atoms with Gasteiger partial charge in [0.2, 0.25) is 5.91 Å². The second-order valence-corrected chi connectivity index (χ2v) is 4.57. The van der Waals surface area contributed by atoms with Crippen molar-refractivity contribution >= 4 is 23.2 Å². The Morgan fingerprint density at radius 1 is 1.57 bits per heavy atom. The number of hydrogen-bond acceptors (Lipinski definition) is 6. The van der Waals surface area contributed by atoms with Crippen molar-refractivity contribution < 1.29 is 14.5 Å². The van der Waals surface area contributed by atoms with E-state index in [2.05, 4.69) is 10.7 Å². The van der Waals surface area contributed by atoms with Crippen LogP contribution in [-0.4, -0.2) is 40.8 Å². The van der Waals surface area contributed by atoms with Crippen molar-refractivity contribution in [3.05, 3.63) is 33.9 Å². The molecule has 1 aromatic carbocycles. The minimum absolute atomic E-state index is 0.0416. The summed E-state index contributed by atoms with van der Waals surface area (Å²) in [6.07, 6.45) is 0. The van der Waals surface area contributed by atoms with Crippen molar-refractivity contribution in [1.82, 2.24) is 10.2 Å². The highest BCUT2D eigenvalue weighted by Crippen LogP contribution is 2.29. The molecule has 1 saturated heterocycles. The van der Waals surface area contributed by atoms with Gasteiger partial charge in [0.05, 0.1) is 4.92 Å². The first-order chi connectivity index (χ1) is 9.97. The number of nitro groups is 1. The van der Waals surface area contributed by atoms with E-state index in [1.54, 1.807) is 6.92 Å². The molecule has 1 heterocycles. The third-order valence-corrected chi connectivity index (χ3v) is 3.36. The minimum atomic E-state index is -0.680. The van der Waals surface area contributed by atoms with Crippen molar-refractivity contribution in [1.29, 1.82) is 0 Å². The topological polar surface area (TPSA) is 131 Å². The van der Waals surface area contributed by atoms with Gasteiger partial charge in [0.1, 0.15) is 17.3 Å². The van der Waals surface area contributed by atoms with E-state index in [9.17, 15) is 19.7 Å². The summed E-state index contributed by atoms with van der Waals surface area (Å²) >= 11 is 0. The number of para-hydroxylation sites is 1. The quantitative estimate of drug-likeness (QED) is 0.403. The molecule has 9 nitrogen and oxygen atoms in total. The van der Waals surface area contributed by atoms with Crippen molar-refractivity contribution in [2.75, 3.05) is 18.5 Å². The van der Waals surface area contributed by atoms with E-state index in [0.29, 0.717) is 13.1 Å². The Labute approximate surface area is 120 Å². The number of rotatable bonds is 3. The van der Waals surface area contributed by atoms with E-state index in [-0.39, 0.29) is 17.2 Å². The Morgan fingerprint density at radius 2 is 2.29 bits per heavy atom. The van der Waals surface area contributed by atoms with Crippen molar-refractivity contribution in [3.8, 4) is 0 Å². The summed E-state index contributed by atoms with van der Waals surface area (Å²) in [4.78, 5) is 36.0. The van der Waals surface area contributed by atoms with Gasteiger partial charge in [-0.3, -0.25) is 25.5 Å². The van der Waals surface area contributed by atoms with Gasteiger partial charge >= 0.3 is 5.69 Å². The molecule has 0 bridgehead atoms. The van der Waals surface area contributed by atoms with E-state index < -0.39 is 22.6 Å². The van der Waals surface area contributed by atoms with Crippen LogP contribution in [0.2, 0.25) is 0 Å². The minimum Gasteiger partial charge on any atom is -0.353 e. The first kappa shape index (κ1) is 14.7. The summed E-state index contributed by atoms with van der Waals surface area (Å²) < 4.78 is 0. The lowest BCUT2D eigenvalue weighted by atomic mass is 10.1. The predicted octanol–water partition coefficient (Wildman–Crippen LogP) is -0.159. The number of hydrazine groups is 1. The molecule has 9 heteroatoms. The molecule has 0 aliphatic carbocycles. The molecule has 1 aliphatic heterocycles. The number of nitrogen functional groups attached to an aromatic ring is 1. The third kappa shape index (κ3) is 2.63. The summed E-state index contributed by atoms with van der Waals surface area (Å²) in [5, 5.41) is 13.8. The van der Waals surface area contributed by atoms with Crippen molar-refractivity contribution in [3.63, 3.8) is 0 Å². The Hall–Kier alpha value is -2.68. The summed E-state index contributed by atoms with van der Waals surface area (Å²) in [7, 11) is 0. The second kappa shape index (κ2) is 5.75. The van der Waals surface area contributed by atoms with Crippen molar-refractivity contribution in [2.45, 2.75) is 13.0 Å². The van der Waals surface area contributed by atoms with Crippen LogP contribution < -0.4 is 16.6 Å². The molecule has 1 aliphatic rings. The maximum Gasteiger partial charge on any atom is 0.306 e. The van der Waals surface area contributed by atoms with Crippen LogP contribution >= 0.6 is 0 Å². The molecule has 2 amide bonds. The number of amides is 2. The zero-order valence-corrected chi connectivity index (χ0v) is 11.3. The smallest absolute Gasteiger partial charge is 0.306 e. The molecule has 0 radical (unpaired) electrons. The van der Waals surface area contributed by atoms with Crippen LogP contribution in [0, 0.1) is 10.1 Å². The van der Waals surface area contributed by atoms with Crippen LogP contribution in [0.3, 0.4) is 0 Å². The molecular weight excluding hydrogens is 278 g/mol. The molecule has 0 aromatic heterocycles. The van der Waals surface area contributed by atoms with Crippen molar-refractivity contribution in [2.24, 2.45) is 5.84 Å². The summed E-state index contributed by atoms with van der Waals surface area (Å²) in [6.45, 7) is 2.18. The lowest BCUT2D eigenvalue weighted by Crippen LogP contribution is -2.55. The number of nitrogens with one attached hydrogen (secondary N) is 2. The molecule has 1 fully saturated rings. The molecule has 4 N–H and O–H groups in total. The van der Waals surface area contributed by atoms with Crippen LogP contribution in [0.1, 0.15) is 17.3 Å². The third-order valence-electron chi connectivity index (χ3n) is 3.36. The number of nitrogens with two attached hydrogens (primary N) is 1. The van der Waals surface area contributed by atoms with E-state index >= 15 is 0 Å². The summed E-state index contributed by atoms with van der Waals surface area (Å²) in [6, 6.07) is 3.56. The normalized spacial score (nSPS) is 18.1. The monoisotopic (exact) mass is 293 g/mol. The summed E-state index contributed by atoms with van der Waals surface area (Å²) in [5.41, 5.74) is 1.75. The lowest BCUT2D eigenvalue weighted by Gasteiger charge is -2.32. The SMILES string of the molecule is CC1C(=O)NCCN1C(=O)c1cccc(NN)c1[N+](=O)[O-]. The Balaban J connectivity index is 2.44. The second-order valence-electron chi connectivity index (χ2n) is 4.57. The fraction of sp³-hybridized carbons (Fsp3) is 0.333. The molecular formula is C12H15N5O4. The van der Waals surface area contributed by atoms with Gasteiger partial charge in [0.25, 0.3) is 5.91 Å². The van der Waals surface area contributed by atoms with E-state index in [4.69, 9.17) is 5.84 Å². The molecule has 1 aromatic rings. The van der Waals surface area contributed by atoms with Gasteiger partial charge in [-0.05, 0) is 19.1 Å². The Morgan fingerprint density at radius 3 is 2.90 bits per heavy atom. The van der Waals surface area contributed by atoms with Gasteiger partial charge in [-0.1, -0.05) is 6.07 Å².